The number of carbonyl (C=O) groups is 1. The van der Waals surface area contributed by atoms with Crippen LogP contribution in [0.2, 0.25) is 0 Å². The van der Waals surface area contributed by atoms with Crippen molar-refractivity contribution in [2.45, 2.75) is 52.3 Å². The zero-order chi connectivity index (χ0) is 26.6. The summed E-state index contributed by atoms with van der Waals surface area (Å²) in [6.07, 6.45) is 0.626. The molecule has 9 nitrogen and oxygen atoms in total. The number of rotatable bonds is 7. The maximum Gasteiger partial charge on any atom is 0.410 e. The number of fused-ring (bicyclic) bond motifs is 1. The van der Waals surface area contributed by atoms with Crippen LogP contribution in [-0.4, -0.2) is 96.3 Å². The molecule has 1 amide bonds. The van der Waals surface area contributed by atoms with Crippen molar-refractivity contribution in [3.8, 4) is 6.01 Å². The lowest BCUT2D eigenvalue weighted by molar-refractivity contribution is 0.0240. The lowest BCUT2D eigenvalue weighted by Crippen LogP contribution is -2.50. The highest BCUT2D eigenvalue weighted by molar-refractivity contribution is 5.68. The molecule has 9 heteroatoms. The second kappa shape index (κ2) is 11.6. The number of benzene rings is 1. The molecule has 0 unspecified atom stereocenters. The number of likely N-dealkylation sites (N-methyl/N-ethyl adjacent to an activating group) is 1. The molecule has 0 bridgehead atoms. The van der Waals surface area contributed by atoms with Crippen LogP contribution in [0.4, 0.5) is 10.6 Å². The van der Waals surface area contributed by atoms with Gasteiger partial charge >= 0.3 is 12.1 Å². The van der Waals surface area contributed by atoms with E-state index in [2.05, 4.69) is 52.0 Å². The molecule has 0 radical (unpaired) electrons. The van der Waals surface area contributed by atoms with Crippen molar-refractivity contribution in [2.24, 2.45) is 0 Å². The van der Waals surface area contributed by atoms with E-state index in [1.54, 1.807) is 4.90 Å². The number of piperazine rings is 1. The molecular weight excluding hydrogens is 468 g/mol. The number of hydrogen-bond donors (Lipinski definition) is 0. The lowest BCUT2D eigenvalue weighted by atomic mass is 9.97. The fourth-order valence-corrected chi connectivity index (χ4v) is 4.78. The van der Waals surface area contributed by atoms with Crippen molar-refractivity contribution >= 4 is 11.9 Å². The van der Waals surface area contributed by atoms with E-state index in [0.717, 1.165) is 37.6 Å². The molecule has 1 atom stereocenters. The molecule has 0 spiro atoms. The summed E-state index contributed by atoms with van der Waals surface area (Å²) in [5, 5.41) is 0. The first kappa shape index (κ1) is 27.1. The van der Waals surface area contributed by atoms with Gasteiger partial charge in [-0.2, -0.15) is 9.97 Å². The van der Waals surface area contributed by atoms with Crippen LogP contribution in [0.15, 0.2) is 30.3 Å². The topological polar surface area (TPSA) is 74.3 Å². The summed E-state index contributed by atoms with van der Waals surface area (Å²) in [6, 6.07) is 11.2. The predicted octanol–water partition coefficient (Wildman–Crippen LogP) is 3.59. The maximum atomic E-state index is 12.6. The summed E-state index contributed by atoms with van der Waals surface area (Å²) >= 11 is 0. The highest BCUT2D eigenvalue weighted by Crippen LogP contribution is 2.35. The van der Waals surface area contributed by atoms with E-state index in [-0.39, 0.29) is 12.1 Å². The molecule has 2 aliphatic heterocycles. The molecule has 1 aromatic carbocycles. The Hall–Kier alpha value is -2.91. The Bertz CT molecular complexity index is 1050. The van der Waals surface area contributed by atoms with Gasteiger partial charge in [-0.3, -0.25) is 4.90 Å². The van der Waals surface area contributed by atoms with Crippen LogP contribution in [0, 0.1) is 0 Å². The molecule has 2 aliphatic rings. The fourth-order valence-electron chi connectivity index (χ4n) is 4.78. The average molecular weight is 511 g/mol. The highest BCUT2D eigenvalue weighted by Gasteiger charge is 2.33. The minimum Gasteiger partial charge on any atom is -0.462 e. The van der Waals surface area contributed by atoms with Gasteiger partial charge < -0.3 is 24.2 Å². The molecule has 0 N–H and O–H groups in total. The van der Waals surface area contributed by atoms with Gasteiger partial charge in [0.15, 0.2) is 0 Å². The molecule has 0 saturated carbocycles. The summed E-state index contributed by atoms with van der Waals surface area (Å²) in [5.74, 6) is 0.944. The maximum absolute atomic E-state index is 12.6. The van der Waals surface area contributed by atoms with Gasteiger partial charge in [0.05, 0.1) is 11.7 Å². The van der Waals surface area contributed by atoms with Crippen molar-refractivity contribution in [1.82, 2.24) is 24.7 Å². The summed E-state index contributed by atoms with van der Waals surface area (Å²) in [5.41, 5.74) is 3.04. The van der Waals surface area contributed by atoms with E-state index in [4.69, 9.17) is 19.4 Å². The first-order valence-corrected chi connectivity index (χ1v) is 13.3. The van der Waals surface area contributed by atoms with E-state index >= 15 is 0 Å². The molecule has 4 rings (SSSR count). The molecule has 3 heterocycles. The minimum atomic E-state index is -0.499. The highest BCUT2D eigenvalue weighted by atomic mass is 16.6. The molecule has 2 aromatic rings. The minimum absolute atomic E-state index is 0.143. The van der Waals surface area contributed by atoms with Crippen LogP contribution in [-0.2, 0) is 17.7 Å². The van der Waals surface area contributed by atoms with Crippen molar-refractivity contribution in [3.63, 3.8) is 0 Å². The van der Waals surface area contributed by atoms with Crippen LogP contribution in [0.3, 0.4) is 0 Å². The van der Waals surface area contributed by atoms with Crippen molar-refractivity contribution < 1.29 is 14.3 Å². The summed E-state index contributed by atoms with van der Waals surface area (Å²) in [6.45, 7) is 13.6. The predicted molar refractivity (Wildman–Crippen MR) is 145 cm³/mol. The van der Waals surface area contributed by atoms with Crippen molar-refractivity contribution in [3.05, 3.63) is 47.2 Å². The Morgan fingerprint density at radius 1 is 1.05 bits per heavy atom. The summed E-state index contributed by atoms with van der Waals surface area (Å²) < 4.78 is 11.6. The van der Waals surface area contributed by atoms with Crippen LogP contribution >= 0.6 is 0 Å². The van der Waals surface area contributed by atoms with Crippen LogP contribution in [0.1, 0.15) is 50.6 Å². The summed E-state index contributed by atoms with van der Waals surface area (Å²) in [7, 11) is 4.05. The molecule has 1 fully saturated rings. The molecule has 37 heavy (non-hydrogen) atoms. The zero-order valence-electron chi connectivity index (χ0n) is 23.2. The summed E-state index contributed by atoms with van der Waals surface area (Å²) in [4.78, 5) is 31.0. The van der Waals surface area contributed by atoms with Gasteiger partial charge in [0.1, 0.15) is 18.0 Å². The van der Waals surface area contributed by atoms with Gasteiger partial charge in [-0.25, -0.2) is 4.79 Å². The largest absolute Gasteiger partial charge is 0.462 e. The molecule has 1 saturated heterocycles. The number of carbonyl (C=O) groups excluding carboxylic acids is 1. The van der Waals surface area contributed by atoms with Gasteiger partial charge in [-0.1, -0.05) is 30.3 Å². The van der Waals surface area contributed by atoms with Gasteiger partial charge in [0.2, 0.25) is 0 Å². The van der Waals surface area contributed by atoms with Crippen LogP contribution in [0.5, 0.6) is 6.01 Å². The quantitative estimate of drug-likeness (QED) is 0.560. The fraction of sp³-hybridized carbons (Fsp3) is 0.607. The molecule has 1 aromatic heterocycles. The SMILES string of the molecule is C[C@H]1c2nc(OCCN(C)C)nc(N3CCN(C(=O)OC(C)(C)C)CC3)c2CCN1Cc1ccccc1. The first-order chi connectivity index (χ1) is 17.6. The molecule has 202 valence electrons. The third-order valence-corrected chi connectivity index (χ3v) is 6.82. The average Bonchev–Trinajstić information content (AvgIpc) is 2.85. The van der Waals surface area contributed by atoms with Gasteiger partial charge in [0, 0.05) is 51.4 Å². The number of aromatic nitrogens is 2. The van der Waals surface area contributed by atoms with Crippen molar-refractivity contribution in [1.29, 1.82) is 0 Å². The third-order valence-electron chi connectivity index (χ3n) is 6.82. The molecule has 0 aliphatic carbocycles. The van der Waals surface area contributed by atoms with Gasteiger partial charge in [0.25, 0.3) is 0 Å². The van der Waals surface area contributed by atoms with E-state index in [1.807, 2.05) is 34.9 Å². The first-order valence-electron chi connectivity index (χ1n) is 13.3. The standard InChI is InChI=1S/C28H42N6O3/c1-21-24-23(12-13-34(21)20-22-10-8-7-9-11-22)25(30-26(29-24)36-19-18-31(5)6)32-14-16-33(17-15-32)27(35)37-28(2,3)4/h7-11,21H,12-20H2,1-6H3/t21-/m0/s1. The number of amides is 1. The number of hydrogen-bond acceptors (Lipinski definition) is 8. The lowest BCUT2D eigenvalue weighted by Gasteiger charge is -2.39. The number of nitrogens with zero attached hydrogens (tertiary/aromatic N) is 6. The van der Waals surface area contributed by atoms with E-state index < -0.39 is 5.60 Å². The number of anilines is 1. The van der Waals surface area contributed by atoms with E-state index in [1.165, 1.54) is 11.1 Å². The molecular formula is C28H42N6O3. The Kier molecular flexibility index (Phi) is 8.54. The van der Waals surface area contributed by atoms with E-state index in [0.29, 0.717) is 38.8 Å². The Labute approximate surface area is 221 Å². The Morgan fingerprint density at radius 2 is 1.76 bits per heavy atom. The van der Waals surface area contributed by atoms with Gasteiger partial charge in [-0.15, -0.1) is 0 Å². The third kappa shape index (κ3) is 7.11. The van der Waals surface area contributed by atoms with E-state index in [9.17, 15) is 4.79 Å². The van der Waals surface area contributed by atoms with Crippen LogP contribution in [0.25, 0.3) is 0 Å². The van der Waals surface area contributed by atoms with Crippen LogP contribution < -0.4 is 9.64 Å². The van der Waals surface area contributed by atoms with Gasteiger partial charge in [-0.05, 0) is 53.8 Å². The Morgan fingerprint density at radius 3 is 2.41 bits per heavy atom. The zero-order valence-corrected chi connectivity index (χ0v) is 23.2. The number of ether oxygens (including phenoxy) is 2. The Balaban J connectivity index is 1.54. The second-order valence-corrected chi connectivity index (χ2v) is 11.2. The second-order valence-electron chi connectivity index (χ2n) is 11.2. The monoisotopic (exact) mass is 510 g/mol. The normalized spacial score (nSPS) is 18.6. The van der Waals surface area contributed by atoms with Crippen molar-refractivity contribution in [2.75, 3.05) is 64.9 Å². The smallest absolute Gasteiger partial charge is 0.410 e.